The zero-order valence-corrected chi connectivity index (χ0v) is 12.1. The maximum absolute atomic E-state index is 11.8. The maximum Gasteiger partial charge on any atom is 0.246 e. The Hall–Kier alpha value is -2.40. The van der Waals surface area contributed by atoms with Gasteiger partial charge in [-0.2, -0.15) is 0 Å². The van der Waals surface area contributed by atoms with Crippen LogP contribution in [-0.2, 0) is 9.53 Å². The largest absolute Gasteiger partial charge is 0.497 e. The van der Waals surface area contributed by atoms with E-state index in [-0.39, 0.29) is 18.6 Å². The number of benzene rings is 1. The van der Waals surface area contributed by atoms with Gasteiger partial charge in [0, 0.05) is 19.5 Å². The Morgan fingerprint density at radius 2 is 1.71 bits per heavy atom. The molecule has 0 radical (unpaired) electrons. The van der Waals surface area contributed by atoms with Crippen LogP contribution in [0.1, 0.15) is 17.2 Å². The minimum Gasteiger partial charge on any atom is -0.497 e. The Labute approximate surface area is 123 Å². The molecule has 2 rings (SSSR count). The number of carbonyl (C=O) groups is 1. The van der Waals surface area contributed by atoms with Crippen molar-refractivity contribution in [2.24, 2.45) is 0 Å². The van der Waals surface area contributed by atoms with Gasteiger partial charge in [0.25, 0.3) is 0 Å². The molecule has 21 heavy (non-hydrogen) atoms. The van der Waals surface area contributed by atoms with Crippen molar-refractivity contribution in [2.75, 3.05) is 20.8 Å². The predicted octanol–water partition coefficient (Wildman–Crippen LogP) is 1.94. The van der Waals surface area contributed by atoms with Gasteiger partial charge in [0.15, 0.2) is 0 Å². The molecule has 0 spiro atoms. The molecule has 1 aromatic carbocycles. The molecular formula is C16H18N2O3. The van der Waals surface area contributed by atoms with Gasteiger partial charge in [-0.3, -0.25) is 9.78 Å². The molecule has 0 bridgehead atoms. The monoisotopic (exact) mass is 286 g/mol. The highest BCUT2D eigenvalue weighted by Gasteiger charge is 2.16. The zero-order chi connectivity index (χ0) is 15.1. The van der Waals surface area contributed by atoms with E-state index in [1.165, 1.54) is 7.11 Å². The molecule has 0 unspecified atom stereocenters. The van der Waals surface area contributed by atoms with Gasteiger partial charge in [0.05, 0.1) is 13.2 Å². The molecule has 110 valence electrons. The molecule has 1 atom stereocenters. The van der Waals surface area contributed by atoms with Crippen molar-refractivity contribution in [3.8, 4) is 5.75 Å². The Morgan fingerprint density at radius 1 is 1.10 bits per heavy atom. The lowest BCUT2D eigenvalue weighted by Gasteiger charge is -2.19. The van der Waals surface area contributed by atoms with Gasteiger partial charge in [-0.05, 0) is 35.4 Å². The Morgan fingerprint density at radius 3 is 2.29 bits per heavy atom. The van der Waals surface area contributed by atoms with Crippen LogP contribution >= 0.6 is 0 Å². The highest BCUT2D eigenvalue weighted by Crippen LogP contribution is 2.23. The maximum atomic E-state index is 11.8. The minimum absolute atomic E-state index is 0.0255. The van der Waals surface area contributed by atoms with Crippen LogP contribution in [0.3, 0.4) is 0 Å². The molecule has 2 aromatic rings. The third-order valence-electron chi connectivity index (χ3n) is 3.07. The Kier molecular flexibility index (Phi) is 5.29. The lowest BCUT2D eigenvalue weighted by atomic mass is 9.99. The van der Waals surface area contributed by atoms with Crippen molar-refractivity contribution >= 4 is 5.91 Å². The minimum atomic E-state index is -0.249. The molecule has 1 aromatic heterocycles. The molecule has 0 fully saturated rings. The molecule has 0 saturated carbocycles. The number of hydrogen-bond acceptors (Lipinski definition) is 4. The van der Waals surface area contributed by atoms with Crippen molar-refractivity contribution in [1.29, 1.82) is 0 Å². The van der Waals surface area contributed by atoms with E-state index in [1.54, 1.807) is 19.5 Å². The molecule has 0 aliphatic carbocycles. The van der Waals surface area contributed by atoms with Crippen molar-refractivity contribution < 1.29 is 14.3 Å². The first-order valence-corrected chi connectivity index (χ1v) is 6.56. The van der Waals surface area contributed by atoms with E-state index < -0.39 is 0 Å². The summed E-state index contributed by atoms with van der Waals surface area (Å²) in [6, 6.07) is 11.1. The van der Waals surface area contributed by atoms with Gasteiger partial charge in [-0.15, -0.1) is 0 Å². The standard InChI is InChI=1S/C16H18N2O3/c1-20-11-15(19)18-16(13-7-9-17-10-8-13)12-3-5-14(21-2)6-4-12/h3-10,16H,11H2,1-2H3,(H,18,19)/t16-/m0/s1. The molecule has 1 N–H and O–H groups in total. The van der Waals surface area contributed by atoms with Gasteiger partial charge in [-0.1, -0.05) is 12.1 Å². The van der Waals surface area contributed by atoms with Crippen LogP contribution in [-0.4, -0.2) is 31.7 Å². The highest BCUT2D eigenvalue weighted by atomic mass is 16.5. The van der Waals surface area contributed by atoms with Gasteiger partial charge < -0.3 is 14.8 Å². The number of aromatic nitrogens is 1. The second-order valence-corrected chi connectivity index (χ2v) is 4.49. The van der Waals surface area contributed by atoms with Gasteiger partial charge in [-0.25, -0.2) is 0 Å². The van der Waals surface area contributed by atoms with Crippen LogP contribution in [0.4, 0.5) is 0 Å². The summed E-state index contributed by atoms with van der Waals surface area (Å²) in [6.07, 6.45) is 3.41. The molecule has 0 aliphatic heterocycles. The lowest BCUT2D eigenvalue weighted by molar-refractivity contribution is -0.125. The van der Waals surface area contributed by atoms with Crippen LogP contribution in [0.15, 0.2) is 48.8 Å². The van der Waals surface area contributed by atoms with Crippen LogP contribution in [0.25, 0.3) is 0 Å². The number of nitrogens with one attached hydrogen (secondary N) is 1. The number of ether oxygens (including phenoxy) is 2. The second kappa shape index (κ2) is 7.40. The smallest absolute Gasteiger partial charge is 0.246 e. The van der Waals surface area contributed by atoms with Gasteiger partial charge in [0.2, 0.25) is 5.91 Å². The molecule has 5 nitrogen and oxygen atoms in total. The number of rotatable bonds is 6. The number of methoxy groups -OCH3 is 2. The SMILES string of the molecule is COCC(=O)N[C@H](c1ccncc1)c1ccc(OC)cc1. The number of carbonyl (C=O) groups excluding carboxylic acids is 1. The normalized spacial score (nSPS) is 11.7. The van der Waals surface area contributed by atoms with Crippen molar-refractivity contribution in [3.63, 3.8) is 0 Å². The quantitative estimate of drug-likeness (QED) is 0.881. The molecule has 1 heterocycles. The first-order valence-electron chi connectivity index (χ1n) is 6.56. The zero-order valence-electron chi connectivity index (χ0n) is 12.1. The predicted molar refractivity (Wildman–Crippen MR) is 79.1 cm³/mol. The fourth-order valence-corrected chi connectivity index (χ4v) is 2.05. The average molecular weight is 286 g/mol. The fraction of sp³-hybridized carbons (Fsp3) is 0.250. The van der Waals surface area contributed by atoms with Crippen molar-refractivity contribution in [2.45, 2.75) is 6.04 Å². The van der Waals surface area contributed by atoms with Crippen LogP contribution in [0, 0.1) is 0 Å². The van der Waals surface area contributed by atoms with Crippen LogP contribution in [0.5, 0.6) is 5.75 Å². The molecule has 5 heteroatoms. The number of hydrogen-bond donors (Lipinski definition) is 1. The van der Waals surface area contributed by atoms with Crippen LogP contribution < -0.4 is 10.1 Å². The summed E-state index contributed by atoms with van der Waals surface area (Å²) < 4.78 is 10.0. The van der Waals surface area contributed by atoms with Crippen molar-refractivity contribution in [1.82, 2.24) is 10.3 Å². The molecule has 0 aliphatic rings. The Bertz CT molecular complexity index is 570. The average Bonchev–Trinajstić information content (AvgIpc) is 2.54. The summed E-state index contributed by atoms with van der Waals surface area (Å²) in [4.78, 5) is 15.9. The van der Waals surface area contributed by atoms with Gasteiger partial charge in [0.1, 0.15) is 12.4 Å². The van der Waals surface area contributed by atoms with E-state index in [4.69, 9.17) is 9.47 Å². The summed E-state index contributed by atoms with van der Waals surface area (Å²) in [5, 5.41) is 2.96. The van der Waals surface area contributed by atoms with Crippen LogP contribution in [0.2, 0.25) is 0 Å². The van der Waals surface area contributed by atoms with E-state index in [9.17, 15) is 4.79 Å². The van der Waals surface area contributed by atoms with E-state index in [1.807, 2.05) is 36.4 Å². The summed E-state index contributed by atoms with van der Waals surface area (Å²) in [5.74, 6) is 0.602. The summed E-state index contributed by atoms with van der Waals surface area (Å²) >= 11 is 0. The summed E-state index contributed by atoms with van der Waals surface area (Å²) in [6.45, 7) is 0.0255. The number of nitrogens with zero attached hydrogens (tertiary/aromatic N) is 1. The van der Waals surface area contributed by atoms with Gasteiger partial charge >= 0.3 is 0 Å². The van der Waals surface area contributed by atoms with E-state index in [0.717, 1.165) is 16.9 Å². The van der Waals surface area contributed by atoms with E-state index >= 15 is 0 Å². The first kappa shape index (κ1) is 15.0. The number of pyridine rings is 1. The summed E-state index contributed by atoms with van der Waals surface area (Å²) in [5.41, 5.74) is 1.92. The van der Waals surface area contributed by atoms with Crippen molar-refractivity contribution in [3.05, 3.63) is 59.9 Å². The first-order chi connectivity index (χ1) is 10.2. The topological polar surface area (TPSA) is 60.5 Å². The molecule has 0 saturated heterocycles. The third-order valence-corrected chi connectivity index (χ3v) is 3.07. The Balaban J connectivity index is 2.28. The number of amides is 1. The molecular weight excluding hydrogens is 268 g/mol. The van der Waals surface area contributed by atoms with E-state index in [2.05, 4.69) is 10.3 Å². The summed E-state index contributed by atoms with van der Waals surface area (Å²) in [7, 11) is 3.12. The third kappa shape index (κ3) is 4.03. The highest BCUT2D eigenvalue weighted by molar-refractivity contribution is 5.78. The fourth-order valence-electron chi connectivity index (χ4n) is 2.05. The second-order valence-electron chi connectivity index (χ2n) is 4.49. The lowest BCUT2D eigenvalue weighted by Crippen LogP contribution is -2.32. The molecule has 1 amide bonds. The van der Waals surface area contributed by atoms with E-state index in [0.29, 0.717) is 0 Å².